The van der Waals surface area contributed by atoms with Crippen molar-refractivity contribution in [2.45, 2.75) is 55.5 Å². The molecule has 3 aliphatic carbocycles. The molecule has 4 heteroatoms. The molecule has 2 saturated heterocycles. The van der Waals surface area contributed by atoms with Crippen LogP contribution in [0.5, 0.6) is 0 Å². The van der Waals surface area contributed by atoms with E-state index in [1.807, 2.05) is 0 Å². The monoisotopic (exact) mass is 353 g/mol. The number of benzene rings is 1. The first kappa shape index (κ1) is 15.5. The molecular weight excluding hydrogens is 324 g/mol. The third kappa shape index (κ3) is 1.38. The highest BCUT2D eigenvalue weighted by atomic mass is 16.5. The van der Waals surface area contributed by atoms with Crippen LogP contribution in [-0.2, 0) is 14.9 Å². The number of nitrogens with one attached hydrogen (secondary N) is 1. The fourth-order valence-corrected chi connectivity index (χ4v) is 8.79. The Labute approximate surface area is 155 Å². The number of piperidine rings is 1. The number of nitrogens with zero attached hydrogens (tertiary/aromatic N) is 1. The second-order valence-corrected chi connectivity index (χ2v) is 9.94. The molecule has 3 aliphatic heterocycles. The zero-order chi connectivity index (χ0) is 17.8. The number of likely N-dealkylation sites (N-methyl/N-ethyl adjacent to an activating group) is 1. The van der Waals surface area contributed by atoms with Crippen LogP contribution in [0.4, 0.5) is 5.69 Å². The SMILES string of the molecule is COC(=O)[C@@H]1C[C@@]23CCC[N+]4(C)CC[C@@]5(c6ccccc6N[C@@]15CC2)[C@H]34. The van der Waals surface area contributed by atoms with Gasteiger partial charge in [0.15, 0.2) is 0 Å². The first-order valence-electron chi connectivity index (χ1n) is 10.3. The van der Waals surface area contributed by atoms with Crippen molar-refractivity contribution in [3.05, 3.63) is 29.8 Å². The molecule has 1 unspecified atom stereocenters. The zero-order valence-corrected chi connectivity index (χ0v) is 15.9. The van der Waals surface area contributed by atoms with E-state index in [2.05, 4.69) is 36.6 Å². The molecule has 5 fully saturated rings. The largest absolute Gasteiger partial charge is 0.469 e. The Morgan fingerprint density at radius 3 is 2.88 bits per heavy atom. The predicted molar refractivity (Wildman–Crippen MR) is 99.8 cm³/mol. The lowest BCUT2D eigenvalue weighted by Crippen LogP contribution is -2.79. The maximum Gasteiger partial charge on any atom is 0.311 e. The zero-order valence-electron chi connectivity index (χ0n) is 15.9. The summed E-state index contributed by atoms with van der Waals surface area (Å²) in [4.78, 5) is 13.0. The van der Waals surface area contributed by atoms with Crippen molar-refractivity contribution >= 4 is 11.7 Å². The molecule has 3 heterocycles. The van der Waals surface area contributed by atoms with Crippen LogP contribution in [0.3, 0.4) is 0 Å². The van der Waals surface area contributed by atoms with Gasteiger partial charge in [-0.1, -0.05) is 18.2 Å². The summed E-state index contributed by atoms with van der Waals surface area (Å²) >= 11 is 0. The number of ether oxygens (including phenoxy) is 1. The van der Waals surface area contributed by atoms with Crippen molar-refractivity contribution in [3.63, 3.8) is 0 Å². The van der Waals surface area contributed by atoms with Gasteiger partial charge < -0.3 is 14.5 Å². The van der Waals surface area contributed by atoms with Gasteiger partial charge in [0.05, 0.1) is 44.1 Å². The Hall–Kier alpha value is -1.55. The van der Waals surface area contributed by atoms with E-state index in [0.717, 1.165) is 12.8 Å². The number of anilines is 1. The first-order chi connectivity index (χ1) is 12.5. The summed E-state index contributed by atoms with van der Waals surface area (Å²) in [6.45, 7) is 2.55. The van der Waals surface area contributed by atoms with Crippen LogP contribution < -0.4 is 5.32 Å². The molecule has 3 spiro atoms. The molecule has 1 aromatic carbocycles. The Balaban J connectivity index is 1.67. The molecule has 6 aliphatic rings. The molecule has 7 rings (SSSR count). The topological polar surface area (TPSA) is 38.3 Å². The molecule has 1 N–H and O–H groups in total. The smallest absolute Gasteiger partial charge is 0.311 e. The summed E-state index contributed by atoms with van der Waals surface area (Å²) in [5.41, 5.74) is 3.02. The summed E-state index contributed by atoms with van der Waals surface area (Å²) < 4.78 is 6.58. The summed E-state index contributed by atoms with van der Waals surface area (Å²) in [5, 5.41) is 3.96. The van der Waals surface area contributed by atoms with E-state index in [1.54, 1.807) is 7.11 Å². The normalized spacial score (nSPS) is 49.8. The van der Waals surface area contributed by atoms with Gasteiger partial charge in [-0.3, -0.25) is 4.79 Å². The van der Waals surface area contributed by atoms with Crippen LogP contribution >= 0.6 is 0 Å². The molecule has 1 aromatic rings. The molecular formula is C22H29N2O2+. The molecule has 138 valence electrons. The summed E-state index contributed by atoms with van der Waals surface area (Å²) in [7, 11) is 4.07. The van der Waals surface area contributed by atoms with E-state index in [9.17, 15) is 4.79 Å². The third-order valence-corrected chi connectivity index (χ3v) is 9.30. The van der Waals surface area contributed by atoms with Crippen LogP contribution in [0.15, 0.2) is 24.3 Å². The van der Waals surface area contributed by atoms with E-state index in [-0.39, 0.29) is 22.8 Å². The molecule has 26 heavy (non-hydrogen) atoms. The summed E-state index contributed by atoms with van der Waals surface area (Å²) in [5.74, 6) is -0.0107. The predicted octanol–water partition coefficient (Wildman–Crippen LogP) is 3.07. The van der Waals surface area contributed by atoms with E-state index >= 15 is 0 Å². The molecule has 4 nitrogen and oxygen atoms in total. The number of fused-ring (bicyclic) bond motifs is 3. The Morgan fingerprint density at radius 1 is 1.19 bits per heavy atom. The van der Waals surface area contributed by atoms with Gasteiger partial charge in [-0.05, 0) is 43.7 Å². The number of methoxy groups -OCH3 is 1. The van der Waals surface area contributed by atoms with Crippen LogP contribution in [0.25, 0.3) is 0 Å². The summed E-state index contributed by atoms with van der Waals surface area (Å²) in [6.07, 6.45) is 7.19. The highest BCUT2D eigenvalue weighted by Gasteiger charge is 2.83. The molecule has 3 saturated carbocycles. The Bertz CT molecular complexity index is 824. The quantitative estimate of drug-likeness (QED) is 0.623. The van der Waals surface area contributed by atoms with Gasteiger partial charge >= 0.3 is 5.97 Å². The highest BCUT2D eigenvalue weighted by molar-refractivity contribution is 5.80. The molecule has 2 bridgehead atoms. The number of quaternary nitrogens is 1. The number of para-hydroxylation sites is 1. The summed E-state index contributed by atoms with van der Waals surface area (Å²) in [6, 6.07) is 9.56. The van der Waals surface area contributed by atoms with Crippen molar-refractivity contribution < 1.29 is 14.0 Å². The van der Waals surface area contributed by atoms with E-state index in [1.165, 1.54) is 54.5 Å². The number of carbonyl (C=O) groups is 1. The average molecular weight is 353 g/mol. The Kier molecular flexibility index (Phi) is 2.66. The minimum Gasteiger partial charge on any atom is -0.469 e. The lowest BCUT2D eigenvalue weighted by Gasteiger charge is -2.68. The van der Waals surface area contributed by atoms with Crippen LogP contribution in [0, 0.1) is 11.3 Å². The second kappa shape index (κ2) is 4.46. The molecule has 0 amide bonds. The fraction of sp³-hybridized carbons (Fsp3) is 0.682. The maximum atomic E-state index is 13.0. The first-order valence-corrected chi connectivity index (χ1v) is 10.3. The van der Waals surface area contributed by atoms with Gasteiger partial charge in [0.25, 0.3) is 0 Å². The van der Waals surface area contributed by atoms with Crippen LogP contribution in [0.1, 0.15) is 44.1 Å². The fourth-order valence-electron chi connectivity index (χ4n) is 8.79. The minimum absolute atomic E-state index is 0.00822. The second-order valence-electron chi connectivity index (χ2n) is 9.94. The van der Waals surface area contributed by atoms with Crippen molar-refractivity contribution in [1.29, 1.82) is 0 Å². The van der Waals surface area contributed by atoms with E-state index in [0.29, 0.717) is 11.5 Å². The highest BCUT2D eigenvalue weighted by Crippen LogP contribution is 2.75. The number of rotatable bonds is 1. The standard InChI is InChI=1S/C22H29N2O2/c1-24-12-5-8-20-9-10-22(16(14-20)18(25)26-2)21(11-13-24,19(20)24)15-6-3-4-7-17(15)23-22/h3-4,6-7,16,19,23H,5,8-14H2,1-2H3/q+1/t16-,19-,20+,21+,22-,24?/m0/s1. The lowest BCUT2D eigenvalue weighted by atomic mass is 9.38. The lowest BCUT2D eigenvalue weighted by molar-refractivity contribution is -0.939. The number of hydrogen-bond acceptors (Lipinski definition) is 3. The van der Waals surface area contributed by atoms with Crippen molar-refractivity contribution in [2.24, 2.45) is 11.3 Å². The maximum absolute atomic E-state index is 13.0. The van der Waals surface area contributed by atoms with E-state index in [4.69, 9.17) is 4.74 Å². The van der Waals surface area contributed by atoms with Crippen molar-refractivity contribution in [2.75, 3.05) is 32.6 Å². The van der Waals surface area contributed by atoms with Gasteiger partial charge in [-0.2, -0.15) is 0 Å². The average Bonchev–Trinajstić information content (AvgIpc) is 3.15. The van der Waals surface area contributed by atoms with Gasteiger partial charge in [-0.25, -0.2) is 0 Å². The molecule has 0 aromatic heterocycles. The number of esters is 1. The number of carbonyl (C=O) groups excluding carboxylic acids is 1. The van der Waals surface area contributed by atoms with Crippen LogP contribution in [0.2, 0.25) is 0 Å². The number of hydrogen-bond donors (Lipinski definition) is 1. The molecule has 6 atom stereocenters. The minimum atomic E-state index is -0.149. The third-order valence-electron chi connectivity index (χ3n) is 9.30. The van der Waals surface area contributed by atoms with Gasteiger partial charge in [0.2, 0.25) is 0 Å². The molecule has 0 radical (unpaired) electrons. The van der Waals surface area contributed by atoms with Crippen LogP contribution in [-0.4, -0.2) is 49.3 Å². The van der Waals surface area contributed by atoms with Gasteiger partial charge in [0.1, 0.15) is 6.04 Å². The van der Waals surface area contributed by atoms with Crippen molar-refractivity contribution in [1.82, 2.24) is 0 Å². The Morgan fingerprint density at radius 2 is 2.04 bits per heavy atom. The van der Waals surface area contributed by atoms with Gasteiger partial charge in [0, 0.05) is 17.5 Å². The van der Waals surface area contributed by atoms with Gasteiger partial charge in [-0.15, -0.1) is 0 Å². The van der Waals surface area contributed by atoms with E-state index < -0.39 is 0 Å². The van der Waals surface area contributed by atoms with Crippen molar-refractivity contribution in [3.8, 4) is 0 Å².